The van der Waals surface area contributed by atoms with Gasteiger partial charge in [0.1, 0.15) is 6.33 Å². The Kier molecular flexibility index (Phi) is 1.72. The maximum Gasteiger partial charge on any atom is 0.182 e. The summed E-state index contributed by atoms with van der Waals surface area (Å²) in [6.07, 6.45) is 1.54. The van der Waals surface area contributed by atoms with Crippen LogP contribution < -0.4 is 0 Å². The van der Waals surface area contributed by atoms with Crippen LogP contribution in [0.25, 0.3) is 11.2 Å². The highest BCUT2D eigenvalue weighted by molar-refractivity contribution is 5.71. The molecule has 5 nitrogen and oxygen atoms in total. The summed E-state index contributed by atoms with van der Waals surface area (Å²) in [5.41, 5.74) is 2.47. The van der Waals surface area contributed by atoms with Crippen LogP contribution in [0.3, 0.4) is 0 Å². The first-order valence-corrected chi connectivity index (χ1v) is 4.22. The molecule has 0 radical (unpaired) electrons. The van der Waals surface area contributed by atoms with Crippen molar-refractivity contribution in [1.29, 1.82) is 0 Å². The van der Waals surface area contributed by atoms with E-state index in [9.17, 15) is 0 Å². The first-order valence-electron chi connectivity index (χ1n) is 4.22. The number of nitrogens with zero attached hydrogens (tertiary/aromatic N) is 5. The van der Waals surface area contributed by atoms with Crippen molar-refractivity contribution in [3.63, 3.8) is 0 Å². The molecule has 0 aliphatic heterocycles. The largest absolute Gasteiger partial charge is 0.239 e. The second-order valence-corrected chi connectivity index (χ2v) is 3.26. The fraction of sp³-hybridized carbons (Fsp3) is 0.500. The van der Waals surface area contributed by atoms with E-state index in [1.54, 1.807) is 11.0 Å². The van der Waals surface area contributed by atoms with Gasteiger partial charge in [0.2, 0.25) is 0 Å². The van der Waals surface area contributed by atoms with Crippen molar-refractivity contribution < 1.29 is 0 Å². The lowest BCUT2D eigenvalue weighted by atomic mass is 10.3. The highest BCUT2D eigenvalue weighted by Crippen LogP contribution is 2.13. The first kappa shape index (κ1) is 8.10. The summed E-state index contributed by atoms with van der Waals surface area (Å²) in [6.45, 7) is 6.00. The molecule has 0 N–H and O–H groups in total. The monoisotopic (exact) mass is 177 g/mol. The van der Waals surface area contributed by atoms with E-state index in [4.69, 9.17) is 0 Å². The molecular weight excluding hydrogens is 166 g/mol. The van der Waals surface area contributed by atoms with Crippen LogP contribution in [-0.4, -0.2) is 25.0 Å². The van der Waals surface area contributed by atoms with Crippen molar-refractivity contribution in [3.05, 3.63) is 12.0 Å². The van der Waals surface area contributed by atoms with Crippen molar-refractivity contribution >= 4 is 11.2 Å². The topological polar surface area (TPSA) is 56.5 Å². The Morgan fingerprint density at radius 1 is 1.31 bits per heavy atom. The van der Waals surface area contributed by atoms with Crippen LogP contribution in [0.15, 0.2) is 6.33 Å². The van der Waals surface area contributed by atoms with Crippen LogP contribution in [0.2, 0.25) is 0 Å². The van der Waals surface area contributed by atoms with Crippen molar-refractivity contribution in [2.24, 2.45) is 0 Å². The normalized spacial score (nSPS) is 11.4. The Morgan fingerprint density at radius 2 is 2.08 bits per heavy atom. The standard InChI is InChI=1S/C8H11N5/c1-5(2)13-8-7(11-12-13)6(3)9-4-10-8/h4-5H,1-3H3. The van der Waals surface area contributed by atoms with Crippen LogP contribution in [0.5, 0.6) is 0 Å². The van der Waals surface area contributed by atoms with Gasteiger partial charge in [-0.2, -0.15) is 0 Å². The molecule has 13 heavy (non-hydrogen) atoms. The average Bonchev–Trinajstić information content (AvgIpc) is 2.48. The zero-order chi connectivity index (χ0) is 9.42. The van der Waals surface area contributed by atoms with Gasteiger partial charge in [0, 0.05) is 0 Å². The third-order valence-corrected chi connectivity index (χ3v) is 1.93. The van der Waals surface area contributed by atoms with Crippen molar-refractivity contribution in [2.75, 3.05) is 0 Å². The molecular formula is C8H11N5. The number of fused-ring (bicyclic) bond motifs is 1. The lowest BCUT2D eigenvalue weighted by Crippen LogP contribution is -2.03. The van der Waals surface area contributed by atoms with Gasteiger partial charge in [-0.25, -0.2) is 14.6 Å². The summed E-state index contributed by atoms with van der Waals surface area (Å²) in [6, 6.07) is 0.277. The Morgan fingerprint density at radius 3 is 2.77 bits per heavy atom. The summed E-state index contributed by atoms with van der Waals surface area (Å²) in [5.74, 6) is 0. The SMILES string of the molecule is Cc1ncnc2c1nnn2C(C)C. The summed E-state index contributed by atoms with van der Waals surface area (Å²) < 4.78 is 1.80. The molecule has 0 aliphatic rings. The van der Waals surface area contributed by atoms with Gasteiger partial charge >= 0.3 is 0 Å². The van der Waals surface area contributed by atoms with Gasteiger partial charge in [0.25, 0.3) is 0 Å². The molecule has 0 aromatic carbocycles. The molecule has 0 bridgehead atoms. The molecule has 2 aromatic heterocycles. The summed E-state index contributed by atoms with van der Waals surface area (Å²) in [5, 5.41) is 8.05. The third kappa shape index (κ3) is 1.16. The average molecular weight is 177 g/mol. The van der Waals surface area contributed by atoms with Crippen LogP contribution in [-0.2, 0) is 0 Å². The summed E-state index contributed by atoms with van der Waals surface area (Å²) in [7, 11) is 0. The van der Waals surface area contributed by atoms with E-state index in [0.717, 1.165) is 16.9 Å². The Hall–Kier alpha value is -1.52. The Labute approximate surface area is 75.8 Å². The molecule has 68 valence electrons. The second kappa shape index (κ2) is 2.76. The fourth-order valence-corrected chi connectivity index (χ4v) is 1.22. The lowest BCUT2D eigenvalue weighted by Gasteiger charge is -2.03. The van der Waals surface area contributed by atoms with Crippen LogP contribution in [0.4, 0.5) is 0 Å². The van der Waals surface area contributed by atoms with E-state index in [1.165, 1.54) is 0 Å². The number of hydrogen-bond acceptors (Lipinski definition) is 4. The molecule has 0 saturated carbocycles. The fourth-order valence-electron chi connectivity index (χ4n) is 1.22. The number of aromatic nitrogens is 5. The smallest absolute Gasteiger partial charge is 0.182 e. The van der Waals surface area contributed by atoms with Gasteiger partial charge in [-0.15, -0.1) is 5.10 Å². The highest BCUT2D eigenvalue weighted by Gasteiger charge is 2.10. The second-order valence-electron chi connectivity index (χ2n) is 3.26. The molecule has 0 saturated heterocycles. The maximum absolute atomic E-state index is 4.15. The van der Waals surface area contributed by atoms with Crippen LogP contribution >= 0.6 is 0 Å². The van der Waals surface area contributed by atoms with Crippen molar-refractivity contribution in [1.82, 2.24) is 25.0 Å². The minimum absolute atomic E-state index is 0.277. The van der Waals surface area contributed by atoms with E-state index < -0.39 is 0 Å². The lowest BCUT2D eigenvalue weighted by molar-refractivity contribution is 0.526. The third-order valence-electron chi connectivity index (χ3n) is 1.93. The van der Waals surface area contributed by atoms with Crippen molar-refractivity contribution in [3.8, 4) is 0 Å². The zero-order valence-corrected chi connectivity index (χ0v) is 7.89. The van der Waals surface area contributed by atoms with Gasteiger partial charge in [0.05, 0.1) is 11.7 Å². The number of hydrogen-bond donors (Lipinski definition) is 0. The molecule has 0 aliphatic carbocycles. The molecule has 0 amide bonds. The van der Waals surface area contributed by atoms with Gasteiger partial charge < -0.3 is 0 Å². The summed E-state index contributed by atoms with van der Waals surface area (Å²) in [4.78, 5) is 8.20. The van der Waals surface area contributed by atoms with E-state index in [-0.39, 0.29) is 6.04 Å². The predicted octanol–water partition coefficient (Wildman–Crippen LogP) is 1.11. The molecule has 2 aromatic rings. The van der Waals surface area contributed by atoms with Crippen LogP contribution in [0, 0.1) is 6.92 Å². The molecule has 2 rings (SSSR count). The molecule has 0 spiro atoms. The van der Waals surface area contributed by atoms with Gasteiger partial charge in [0.15, 0.2) is 11.2 Å². The Bertz CT molecular complexity index is 431. The maximum atomic E-state index is 4.15. The summed E-state index contributed by atoms with van der Waals surface area (Å²) >= 11 is 0. The van der Waals surface area contributed by atoms with E-state index >= 15 is 0 Å². The van der Waals surface area contributed by atoms with Crippen molar-refractivity contribution in [2.45, 2.75) is 26.8 Å². The van der Waals surface area contributed by atoms with E-state index in [0.29, 0.717) is 0 Å². The molecule has 0 unspecified atom stereocenters. The minimum Gasteiger partial charge on any atom is -0.239 e. The van der Waals surface area contributed by atoms with Gasteiger partial charge in [-0.05, 0) is 20.8 Å². The molecule has 0 atom stereocenters. The Balaban J connectivity index is 2.75. The van der Waals surface area contributed by atoms with Crippen LogP contribution in [0.1, 0.15) is 25.6 Å². The minimum atomic E-state index is 0.277. The molecule has 5 heteroatoms. The van der Waals surface area contributed by atoms with Gasteiger partial charge in [-0.1, -0.05) is 5.21 Å². The number of aryl methyl sites for hydroxylation is 1. The van der Waals surface area contributed by atoms with E-state index in [2.05, 4.69) is 20.3 Å². The highest BCUT2D eigenvalue weighted by atomic mass is 15.5. The first-order chi connectivity index (χ1) is 6.20. The molecule has 2 heterocycles. The van der Waals surface area contributed by atoms with Gasteiger partial charge in [-0.3, -0.25) is 0 Å². The number of rotatable bonds is 1. The van der Waals surface area contributed by atoms with E-state index in [1.807, 2.05) is 20.8 Å². The molecule has 0 fully saturated rings. The predicted molar refractivity (Wildman–Crippen MR) is 48.2 cm³/mol. The quantitative estimate of drug-likeness (QED) is 0.654. The zero-order valence-electron chi connectivity index (χ0n) is 7.89.